The summed E-state index contributed by atoms with van der Waals surface area (Å²) in [6, 6.07) is 4.22. The molecule has 100 valence electrons. The molecule has 0 saturated carbocycles. The first-order valence-corrected chi connectivity index (χ1v) is 6.04. The third kappa shape index (κ3) is 2.67. The highest BCUT2D eigenvalue weighted by atomic mass is 19.4. The van der Waals surface area contributed by atoms with E-state index in [-0.39, 0.29) is 6.04 Å². The second kappa shape index (κ2) is 5.28. The van der Waals surface area contributed by atoms with Crippen LogP contribution in [0.2, 0.25) is 0 Å². The average molecular weight is 259 g/mol. The van der Waals surface area contributed by atoms with Gasteiger partial charge in [-0.15, -0.1) is 0 Å². The van der Waals surface area contributed by atoms with Crippen molar-refractivity contribution in [3.63, 3.8) is 0 Å². The lowest BCUT2D eigenvalue weighted by Gasteiger charge is -2.27. The van der Waals surface area contributed by atoms with E-state index < -0.39 is 11.7 Å². The van der Waals surface area contributed by atoms with E-state index in [1.54, 1.807) is 13.0 Å². The third-order valence-corrected chi connectivity index (χ3v) is 3.17. The Kier molecular flexibility index (Phi) is 3.92. The molecule has 1 atom stereocenters. The maximum atomic E-state index is 12.9. The number of rotatable bonds is 2. The standard InChI is InChI=1S/C13H16F3NO/c1-2-9-10(12-8-18-7-6-17-12)4-3-5-11(9)13(14,15)16/h3-5,12,17H,2,6-8H2,1H3/t12-/m0/s1. The molecule has 0 aromatic heterocycles. The third-order valence-electron chi connectivity index (χ3n) is 3.17. The van der Waals surface area contributed by atoms with E-state index >= 15 is 0 Å². The minimum absolute atomic E-state index is 0.143. The van der Waals surface area contributed by atoms with E-state index in [4.69, 9.17) is 4.74 Å². The van der Waals surface area contributed by atoms with Gasteiger partial charge in [-0.3, -0.25) is 0 Å². The number of ether oxygens (including phenoxy) is 1. The van der Waals surface area contributed by atoms with Gasteiger partial charge < -0.3 is 10.1 Å². The molecule has 0 aliphatic carbocycles. The molecule has 1 aliphatic rings. The molecule has 0 amide bonds. The summed E-state index contributed by atoms with van der Waals surface area (Å²) in [5, 5.41) is 3.20. The molecular formula is C13H16F3NO. The van der Waals surface area contributed by atoms with E-state index in [9.17, 15) is 13.2 Å². The Morgan fingerprint density at radius 3 is 2.72 bits per heavy atom. The van der Waals surface area contributed by atoms with Crippen molar-refractivity contribution in [2.24, 2.45) is 0 Å². The van der Waals surface area contributed by atoms with Gasteiger partial charge in [0.1, 0.15) is 0 Å². The van der Waals surface area contributed by atoms with Gasteiger partial charge in [-0.05, 0) is 23.6 Å². The quantitative estimate of drug-likeness (QED) is 0.881. The van der Waals surface area contributed by atoms with Gasteiger partial charge in [0, 0.05) is 6.54 Å². The number of hydrogen-bond donors (Lipinski definition) is 1. The molecule has 1 aromatic rings. The molecule has 18 heavy (non-hydrogen) atoms. The summed E-state index contributed by atoms with van der Waals surface area (Å²) >= 11 is 0. The number of nitrogens with one attached hydrogen (secondary N) is 1. The Balaban J connectivity index is 2.40. The van der Waals surface area contributed by atoms with Crippen molar-refractivity contribution in [2.45, 2.75) is 25.6 Å². The van der Waals surface area contributed by atoms with Gasteiger partial charge in [0.05, 0.1) is 24.8 Å². The summed E-state index contributed by atoms with van der Waals surface area (Å²) < 4.78 is 44.1. The van der Waals surface area contributed by atoms with Gasteiger partial charge in [-0.1, -0.05) is 19.1 Å². The van der Waals surface area contributed by atoms with Crippen molar-refractivity contribution >= 4 is 0 Å². The topological polar surface area (TPSA) is 21.3 Å². The number of alkyl halides is 3. The highest BCUT2D eigenvalue weighted by molar-refractivity contribution is 5.39. The van der Waals surface area contributed by atoms with Crippen molar-refractivity contribution in [2.75, 3.05) is 19.8 Å². The first-order chi connectivity index (χ1) is 8.54. The van der Waals surface area contributed by atoms with Crippen molar-refractivity contribution < 1.29 is 17.9 Å². The summed E-state index contributed by atoms with van der Waals surface area (Å²) in [7, 11) is 0. The predicted molar refractivity (Wildman–Crippen MR) is 62.4 cm³/mol. The van der Waals surface area contributed by atoms with Crippen LogP contribution in [0.1, 0.15) is 29.7 Å². The zero-order chi connectivity index (χ0) is 13.2. The van der Waals surface area contributed by atoms with Gasteiger partial charge in [-0.2, -0.15) is 13.2 Å². The minimum Gasteiger partial charge on any atom is -0.378 e. The molecule has 5 heteroatoms. The van der Waals surface area contributed by atoms with E-state index in [1.807, 2.05) is 0 Å². The van der Waals surface area contributed by atoms with Crippen LogP contribution in [0.4, 0.5) is 13.2 Å². The Hall–Kier alpha value is -1.07. The van der Waals surface area contributed by atoms with E-state index in [0.717, 1.165) is 6.07 Å². The second-order valence-electron chi connectivity index (χ2n) is 4.31. The summed E-state index contributed by atoms with van der Waals surface area (Å²) in [4.78, 5) is 0. The Morgan fingerprint density at radius 2 is 2.17 bits per heavy atom. The summed E-state index contributed by atoms with van der Waals surface area (Å²) in [5.74, 6) is 0. The summed E-state index contributed by atoms with van der Waals surface area (Å²) in [6.45, 7) is 3.45. The molecular weight excluding hydrogens is 243 g/mol. The van der Waals surface area contributed by atoms with Crippen LogP contribution in [0.25, 0.3) is 0 Å². The number of halogens is 3. The molecule has 0 radical (unpaired) electrons. The SMILES string of the molecule is CCc1c([C@@H]2COCCN2)cccc1C(F)(F)F. The predicted octanol–water partition coefficient (Wildman–Crippen LogP) is 2.93. The normalized spacial score (nSPS) is 21.0. The van der Waals surface area contributed by atoms with Crippen LogP contribution < -0.4 is 5.32 Å². The smallest absolute Gasteiger partial charge is 0.378 e. The largest absolute Gasteiger partial charge is 0.416 e. The lowest BCUT2D eigenvalue weighted by molar-refractivity contribution is -0.138. The molecule has 1 heterocycles. The molecule has 0 unspecified atom stereocenters. The molecule has 1 aromatic carbocycles. The van der Waals surface area contributed by atoms with Crippen LogP contribution >= 0.6 is 0 Å². The van der Waals surface area contributed by atoms with Crippen molar-refractivity contribution in [3.8, 4) is 0 Å². The monoisotopic (exact) mass is 259 g/mol. The molecule has 1 fully saturated rings. The van der Waals surface area contributed by atoms with E-state index in [0.29, 0.717) is 37.3 Å². The fraction of sp³-hybridized carbons (Fsp3) is 0.538. The fourth-order valence-electron chi connectivity index (χ4n) is 2.36. The minimum atomic E-state index is -4.29. The lowest BCUT2D eigenvalue weighted by atomic mass is 9.93. The number of hydrogen-bond acceptors (Lipinski definition) is 2. The Bertz CT molecular complexity index is 411. The van der Waals surface area contributed by atoms with Gasteiger partial charge in [-0.25, -0.2) is 0 Å². The van der Waals surface area contributed by atoms with Gasteiger partial charge >= 0.3 is 6.18 Å². The average Bonchev–Trinajstić information content (AvgIpc) is 2.37. The zero-order valence-electron chi connectivity index (χ0n) is 10.2. The highest BCUT2D eigenvalue weighted by Crippen LogP contribution is 2.35. The van der Waals surface area contributed by atoms with E-state index in [1.165, 1.54) is 6.07 Å². The molecule has 2 nitrogen and oxygen atoms in total. The van der Waals surface area contributed by atoms with Crippen LogP contribution in [-0.2, 0) is 17.3 Å². The van der Waals surface area contributed by atoms with Crippen LogP contribution in [0.5, 0.6) is 0 Å². The first kappa shape index (κ1) is 13.4. The second-order valence-corrected chi connectivity index (χ2v) is 4.31. The van der Waals surface area contributed by atoms with Gasteiger partial charge in [0.15, 0.2) is 0 Å². The van der Waals surface area contributed by atoms with Crippen LogP contribution in [0.3, 0.4) is 0 Å². The molecule has 1 aliphatic heterocycles. The van der Waals surface area contributed by atoms with Crippen LogP contribution in [-0.4, -0.2) is 19.8 Å². The maximum absolute atomic E-state index is 12.9. The van der Waals surface area contributed by atoms with E-state index in [2.05, 4.69) is 5.32 Å². The van der Waals surface area contributed by atoms with Crippen LogP contribution in [0.15, 0.2) is 18.2 Å². The van der Waals surface area contributed by atoms with Crippen molar-refractivity contribution in [1.82, 2.24) is 5.32 Å². The molecule has 0 bridgehead atoms. The lowest BCUT2D eigenvalue weighted by Crippen LogP contribution is -2.35. The Labute approximate surface area is 104 Å². The van der Waals surface area contributed by atoms with Crippen molar-refractivity contribution in [3.05, 3.63) is 34.9 Å². The summed E-state index contributed by atoms with van der Waals surface area (Å²) in [5.41, 5.74) is 0.537. The van der Waals surface area contributed by atoms with Gasteiger partial charge in [0.2, 0.25) is 0 Å². The Morgan fingerprint density at radius 1 is 1.39 bits per heavy atom. The highest BCUT2D eigenvalue weighted by Gasteiger charge is 2.34. The fourth-order valence-corrected chi connectivity index (χ4v) is 2.36. The number of morpholine rings is 1. The van der Waals surface area contributed by atoms with Gasteiger partial charge in [0.25, 0.3) is 0 Å². The van der Waals surface area contributed by atoms with Crippen LogP contribution in [0, 0.1) is 0 Å². The number of benzene rings is 1. The first-order valence-electron chi connectivity index (χ1n) is 6.04. The maximum Gasteiger partial charge on any atom is 0.416 e. The zero-order valence-corrected chi connectivity index (χ0v) is 10.2. The molecule has 2 rings (SSSR count). The molecule has 0 spiro atoms. The molecule has 1 saturated heterocycles. The van der Waals surface area contributed by atoms with Crippen molar-refractivity contribution in [1.29, 1.82) is 0 Å². The molecule has 1 N–H and O–H groups in total. The summed E-state index contributed by atoms with van der Waals surface area (Å²) in [6.07, 6.45) is -3.93.